The quantitative estimate of drug-likeness (QED) is 0.0960. The molecular formula is C41H41NO8S2. The van der Waals surface area contributed by atoms with Crippen LogP contribution in [0.2, 0.25) is 0 Å². The molecule has 0 unspecified atom stereocenters. The second-order valence-corrected chi connectivity index (χ2v) is 17.3. The van der Waals surface area contributed by atoms with Crippen molar-refractivity contribution in [2.75, 3.05) is 12.3 Å². The Morgan fingerprint density at radius 2 is 0.731 bits per heavy atom. The zero-order valence-electron chi connectivity index (χ0n) is 28.9. The van der Waals surface area contributed by atoms with Gasteiger partial charge in [0.05, 0.1) is 15.5 Å². The summed E-state index contributed by atoms with van der Waals surface area (Å²) in [6, 6.07) is 21.4. The molecule has 2 aliphatic rings. The van der Waals surface area contributed by atoms with Gasteiger partial charge in [0.1, 0.15) is 0 Å². The van der Waals surface area contributed by atoms with Crippen molar-refractivity contribution in [3.63, 3.8) is 0 Å². The lowest BCUT2D eigenvalue weighted by atomic mass is 9.84. The molecule has 0 bridgehead atoms. The summed E-state index contributed by atoms with van der Waals surface area (Å²) in [6.07, 6.45) is 10.1. The summed E-state index contributed by atoms with van der Waals surface area (Å²) in [5.74, 6) is -1.26. The van der Waals surface area contributed by atoms with Crippen LogP contribution in [0.4, 0.5) is 0 Å². The fraction of sp³-hybridized carbons (Fsp3) is 0.317. The van der Waals surface area contributed by atoms with Crippen molar-refractivity contribution in [1.29, 1.82) is 0 Å². The van der Waals surface area contributed by atoms with E-state index in [9.17, 15) is 36.0 Å². The van der Waals surface area contributed by atoms with Gasteiger partial charge < -0.3 is 0 Å². The van der Waals surface area contributed by atoms with E-state index in [1.807, 2.05) is 0 Å². The highest BCUT2D eigenvalue weighted by Gasteiger charge is 2.32. The fourth-order valence-electron chi connectivity index (χ4n) is 6.93. The van der Waals surface area contributed by atoms with Crippen molar-refractivity contribution in [2.24, 2.45) is 0 Å². The summed E-state index contributed by atoms with van der Waals surface area (Å²) in [6.45, 7) is 0.281. The number of ketones is 4. The molecule has 2 aliphatic carbocycles. The first kappa shape index (κ1) is 37.2. The van der Waals surface area contributed by atoms with Crippen LogP contribution in [0.3, 0.4) is 0 Å². The van der Waals surface area contributed by atoms with Crippen LogP contribution in [0.5, 0.6) is 0 Å². The minimum absolute atomic E-state index is 0.0102. The maximum atomic E-state index is 13.0. The van der Waals surface area contributed by atoms with Crippen LogP contribution < -0.4 is 4.72 Å². The molecule has 9 nitrogen and oxygen atoms in total. The third kappa shape index (κ3) is 7.91. The van der Waals surface area contributed by atoms with Crippen LogP contribution >= 0.6 is 0 Å². The molecule has 0 atom stereocenters. The Morgan fingerprint density at radius 1 is 0.385 bits per heavy atom. The van der Waals surface area contributed by atoms with Crippen molar-refractivity contribution in [3.8, 4) is 0 Å². The minimum atomic E-state index is -3.84. The lowest BCUT2D eigenvalue weighted by Gasteiger charge is -2.18. The monoisotopic (exact) mass is 739 g/mol. The van der Waals surface area contributed by atoms with Gasteiger partial charge in [-0.1, -0.05) is 106 Å². The van der Waals surface area contributed by atoms with Crippen LogP contribution in [-0.2, 0) is 19.9 Å². The van der Waals surface area contributed by atoms with Crippen molar-refractivity contribution >= 4 is 43.0 Å². The van der Waals surface area contributed by atoms with Gasteiger partial charge in [0, 0.05) is 51.1 Å². The number of unbranched alkanes of at least 4 members (excludes halogenated alkanes) is 10. The van der Waals surface area contributed by atoms with Gasteiger partial charge in [-0.2, -0.15) is 0 Å². The number of fused-ring (bicyclic) bond motifs is 4. The number of sulfone groups is 1. The Balaban J connectivity index is 0.828. The number of carbonyl (C=O) groups is 4. The van der Waals surface area contributed by atoms with E-state index in [1.165, 1.54) is 36.4 Å². The van der Waals surface area contributed by atoms with E-state index in [-0.39, 0.29) is 73.0 Å². The molecule has 0 amide bonds. The van der Waals surface area contributed by atoms with Crippen LogP contribution in [0.25, 0.3) is 0 Å². The topological polar surface area (TPSA) is 149 Å². The number of hydrogen-bond acceptors (Lipinski definition) is 8. The molecule has 0 saturated heterocycles. The SMILES string of the molecule is O=C1c2ccccc2C(=O)c2cc(S(=O)(=O)CCCCCCCCCCCCCNS(=O)(=O)c3ccc4c(c3)C(=O)c3ccccc3C4=O)ccc21. The Kier molecular flexibility index (Phi) is 11.4. The first-order valence-corrected chi connectivity index (χ1v) is 21.0. The number of sulfonamides is 1. The van der Waals surface area contributed by atoms with Crippen molar-refractivity contribution in [3.05, 3.63) is 129 Å². The van der Waals surface area contributed by atoms with Gasteiger partial charge in [-0.25, -0.2) is 21.6 Å². The highest BCUT2D eigenvalue weighted by atomic mass is 32.2. The number of hydrogen-bond donors (Lipinski definition) is 1. The summed E-state index contributed by atoms with van der Waals surface area (Å²) in [5, 5.41) is 0. The summed E-state index contributed by atoms with van der Waals surface area (Å²) in [7, 11) is -7.43. The molecule has 52 heavy (non-hydrogen) atoms. The van der Waals surface area contributed by atoms with Crippen LogP contribution in [0, 0.1) is 0 Å². The predicted molar refractivity (Wildman–Crippen MR) is 198 cm³/mol. The smallest absolute Gasteiger partial charge is 0.240 e. The van der Waals surface area contributed by atoms with E-state index in [2.05, 4.69) is 4.72 Å². The highest BCUT2D eigenvalue weighted by molar-refractivity contribution is 7.91. The number of rotatable bonds is 17. The van der Waals surface area contributed by atoms with E-state index in [0.29, 0.717) is 29.5 Å². The Labute approximate surface area is 304 Å². The Bertz CT molecular complexity index is 2110. The van der Waals surface area contributed by atoms with E-state index < -0.39 is 19.9 Å². The molecule has 0 heterocycles. The second-order valence-electron chi connectivity index (χ2n) is 13.4. The molecule has 4 aromatic rings. The molecule has 0 radical (unpaired) electrons. The zero-order chi connectivity index (χ0) is 36.9. The molecule has 11 heteroatoms. The molecule has 0 fully saturated rings. The normalized spacial score (nSPS) is 13.8. The minimum Gasteiger partial charge on any atom is -0.289 e. The second kappa shape index (κ2) is 16.0. The molecular weight excluding hydrogens is 699 g/mol. The Morgan fingerprint density at radius 3 is 1.19 bits per heavy atom. The van der Waals surface area contributed by atoms with Gasteiger partial charge in [0.25, 0.3) is 0 Å². The van der Waals surface area contributed by atoms with Crippen molar-refractivity contribution in [1.82, 2.24) is 4.72 Å². The summed E-state index contributed by atoms with van der Waals surface area (Å²) < 4.78 is 54.5. The summed E-state index contributed by atoms with van der Waals surface area (Å²) in [4.78, 5) is 51.6. The predicted octanol–water partition coefficient (Wildman–Crippen LogP) is 7.28. The first-order chi connectivity index (χ1) is 25.0. The maximum absolute atomic E-state index is 13.0. The lowest BCUT2D eigenvalue weighted by Crippen LogP contribution is -2.26. The van der Waals surface area contributed by atoms with Crippen LogP contribution in [-0.4, -0.2) is 52.3 Å². The van der Waals surface area contributed by atoms with E-state index in [4.69, 9.17) is 0 Å². The fourth-order valence-corrected chi connectivity index (χ4v) is 9.43. The highest BCUT2D eigenvalue weighted by Crippen LogP contribution is 2.31. The molecule has 270 valence electrons. The third-order valence-electron chi connectivity index (χ3n) is 9.84. The van der Waals surface area contributed by atoms with E-state index in [0.717, 1.165) is 57.8 Å². The Hall–Kier alpha value is -4.58. The average molecular weight is 740 g/mol. The standard InChI is InChI=1S/C41H41NO8S2/c43-38-30-16-10-12-18-32(30)40(45)36-26-28(20-22-34(36)38)51(47,48)25-15-9-7-5-3-1-2-4-6-8-14-24-42-52(49,50)29-21-23-35-37(27-29)41(46)33-19-13-11-17-31(33)39(35)44/h10-13,16-23,26-27,42H,1-9,14-15,24-25H2. The molecule has 1 N–H and O–H groups in total. The molecule has 0 aromatic heterocycles. The molecule has 4 aromatic carbocycles. The lowest BCUT2D eigenvalue weighted by molar-refractivity contribution is 0.0979. The van der Waals surface area contributed by atoms with Crippen molar-refractivity contribution in [2.45, 2.75) is 80.4 Å². The van der Waals surface area contributed by atoms with Crippen LogP contribution in [0.15, 0.2) is 94.7 Å². The average Bonchev–Trinajstić information content (AvgIpc) is 3.15. The third-order valence-corrected chi connectivity index (χ3v) is 13.1. The van der Waals surface area contributed by atoms with Gasteiger partial charge in [-0.05, 0) is 49.2 Å². The number of carbonyl (C=O) groups excluding carboxylic acids is 4. The summed E-state index contributed by atoms with van der Waals surface area (Å²) in [5.41, 5.74) is 1.94. The van der Waals surface area contributed by atoms with Gasteiger partial charge in [-0.15, -0.1) is 0 Å². The molecule has 0 aliphatic heterocycles. The largest absolute Gasteiger partial charge is 0.289 e. The van der Waals surface area contributed by atoms with Crippen molar-refractivity contribution < 1.29 is 36.0 Å². The molecule has 0 saturated carbocycles. The van der Waals surface area contributed by atoms with E-state index >= 15 is 0 Å². The first-order valence-electron chi connectivity index (χ1n) is 17.9. The van der Waals surface area contributed by atoms with Gasteiger partial charge >= 0.3 is 0 Å². The van der Waals surface area contributed by atoms with Gasteiger partial charge in [0.15, 0.2) is 33.0 Å². The molecule has 6 rings (SSSR count). The molecule has 0 spiro atoms. The zero-order valence-corrected chi connectivity index (χ0v) is 30.5. The van der Waals surface area contributed by atoms with E-state index in [1.54, 1.807) is 48.5 Å². The van der Waals surface area contributed by atoms with Gasteiger partial charge in [-0.3, -0.25) is 19.2 Å². The van der Waals surface area contributed by atoms with Crippen LogP contribution in [0.1, 0.15) is 134 Å². The number of nitrogens with one attached hydrogen (secondary N) is 1. The number of benzene rings is 4. The maximum Gasteiger partial charge on any atom is 0.240 e. The summed E-state index contributed by atoms with van der Waals surface area (Å²) >= 11 is 0. The van der Waals surface area contributed by atoms with Gasteiger partial charge in [0.2, 0.25) is 10.0 Å².